The predicted octanol–water partition coefficient (Wildman–Crippen LogP) is 7.97. The van der Waals surface area contributed by atoms with E-state index in [9.17, 15) is 19.5 Å². The van der Waals surface area contributed by atoms with Crippen molar-refractivity contribution in [2.45, 2.75) is 163 Å². The molecule has 50 heavy (non-hydrogen) atoms. The van der Waals surface area contributed by atoms with E-state index in [-0.39, 0.29) is 70.0 Å². The van der Waals surface area contributed by atoms with E-state index >= 15 is 0 Å². The van der Waals surface area contributed by atoms with Gasteiger partial charge in [0, 0.05) is 18.3 Å². The van der Waals surface area contributed by atoms with Gasteiger partial charge in [-0.25, -0.2) is 0 Å². The lowest BCUT2D eigenvalue weighted by Gasteiger charge is -2.70. The van der Waals surface area contributed by atoms with Gasteiger partial charge in [-0.05, 0) is 118 Å². The third-order valence-electron chi connectivity index (χ3n) is 15.3. The molecule has 8 heteroatoms. The number of hydrogen-bond acceptors (Lipinski definition) is 8. The fourth-order valence-corrected chi connectivity index (χ4v) is 12.7. The lowest BCUT2D eigenvalue weighted by molar-refractivity contribution is -0.254. The van der Waals surface area contributed by atoms with Crippen molar-refractivity contribution in [2.24, 2.45) is 45.3 Å². The van der Waals surface area contributed by atoms with Crippen LogP contribution in [0.1, 0.15) is 132 Å². The van der Waals surface area contributed by atoms with Gasteiger partial charge in [0.15, 0.2) is 0 Å². The van der Waals surface area contributed by atoms with Crippen LogP contribution in [0.3, 0.4) is 0 Å². The van der Waals surface area contributed by atoms with E-state index in [2.05, 4.69) is 41.5 Å². The number of fused-ring (bicyclic) bond motifs is 5. The predicted molar refractivity (Wildman–Crippen MR) is 189 cm³/mol. The third kappa shape index (κ3) is 6.22. The zero-order valence-electron chi connectivity index (χ0n) is 32.0. The number of esters is 3. The van der Waals surface area contributed by atoms with Crippen molar-refractivity contribution in [3.63, 3.8) is 0 Å². The highest BCUT2D eigenvalue weighted by atomic mass is 16.6. The first kappa shape index (κ1) is 37.3. The topological polar surface area (TPSA) is 108 Å². The van der Waals surface area contributed by atoms with Crippen molar-refractivity contribution in [1.29, 1.82) is 0 Å². The molecular formula is C42H62O8. The minimum Gasteiger partial charge on any atom is -0.462 e. The van der Waals surface area contributed by atoms with Crippen LogP contribution in [0.2, 0.25) is 0 Å². The number of hydrogen-bond donors (Lipinski definition) is 1. The number of benzene rings is 1. The van der Waals surface area contributed by atoms with E-state index in [4.69, 9.17) is 18.9 Å². The van der Waals surface area contributed by atoms with Gasteiger partial charge < -0.3 is 24.1 Å². The van der Waals surface area contributed by atoms with Crippen LogP contribution in [0.5, 0.6) is 0 Å². The molecule has 0 amide bonds. The number of carbonyl (C=O) groups excluding carboxylic acids is 3. The Morgan fingerprint density at radius 2 is 1.52 bits per heavy atom. The van der Waals surface area contributed by atoms with Gasteiger partial charge >= 0.3 is 17.9 Å². The van der Waals surface area contributed by atoms with Crippen molar-refractivity contribution in [2.75, 3.05) is 0 Å². The highest BCUT2D eigenvalue weighted by Gasteiger charge is 2.72. The van der Waals surface area contributed by atoms with Gasteiger partial charge in [-0.1, -0.05) is 65.0 Å². The summed E-state index contributed by atoms with van der Waals surface area (Å²) in [6.45, 7) is 19.5. The van der Waals surface area contributed by atoms with E-state index in [1.807, 2.05) is 44.2 Å². The molecule has 6 rings (SSSR count). The lowest BCUT2D eigenvalue weighted by atomic mass is 9.35. The van der Waals surface area contributed by atoms with Gasteiger partial charge in [0.1, 0.15) is 25.2 Å². The number of ether oxygens (including phenoxy) is 4. The highest BCUT2D eigenvalue weighted by Crippen LogP contribution is 2.76. The molecule has 1 heterocycles. The van der Waals surface area contributed by atoms with Crippen LogP contribution < -0.4 is 0 Å². The van der Waals surface area contributed by atoms with Gasteiger partial charge in [0.2, 0.25) is 0 Å². The lowest BCUT2D eigenvalue weighted by Crippen LogP contribution is -2.67. The Hall–Kier alpha value is -2.45. The molecular weight excluding hydrogens is 632 g/mol. The highest BCUT2D eigenvalue weighted by molar-refractivity contribution is 5.91. The maximum absolute atomic E-state index is 13.1. The molecule has 5 fully saturated rings. The van der Waals surface area contributed by atoms with Gasteiger partial charge in [-0.3, -0.25) is 14.4 Å². The molecule has 11 atom stereocenters. The Morgan fingerprint density at radius 1 is 0.840 bits per heavy atom. The van der Waals surface area contributed by atoms with Gasteiger partial charge in [0.25, 0.3) is 0 Å². The van der Waals surface area contributed by atoms with Crippen molar-refractivity contribution < 1.29 is 38.4 Å². The second-order valence-corrected chi connectivity index (χ2v) is 18.8. The van der Waals surface area contributed by atoms with Crippen LogP contribution in [0.25, 0.3) is 0 Å². The van der Waals surface area contributed by atoms with Crippen LogP contribution in [0.4, 0.5) is 0 Å². The van der Waals surface area contributed by atoms with Crippen LogP contribution in [0, 0.1) is 45.3 Å². The van der Waals surface area contributed by atoms with Crippen molar-refractivity contribution in [1.82, 2.24) is 0 Å². The summed E-state index contributed by atoms with van der Waals surface area (Å²) >= 11 is 0. The summed E-state index contributed by atoms with van der Waals surface area (Å²) in [5.74, 6) is -0.306. The summed E-state index contributed by atoms with van der Waals surface area (Å²) in [4.78, 5) is 38.4. The minimum atomic E-state index is -0.906. The first-order valence-electron chi connectivity index (χ1n) is 19.2. The second-order valence-electron chi connectivity index (χ2n) is 18.8. The zero-order chi connectivity index (χ0) is 36.5. The molecule has 0 bridgehead atoms. The average Bonchev–Trinajstić information content (AvgIpc) is 3.62. The molecule has 1 aromatic carbocycles. The SMILES string of the molecule is CC(=O)O[C@@H]1C[C@@H]2[C@@]3(C)CC[C@@H](OC(=O)CC(=O)OCc4ccccc4)C(C)(C)[C@@H]3CC[C@@]2(C)[C@]2(C)CC[C@H]([C@]3(C)CC[C@H](C(C)(C)O)O3)[C@@H]12. The molecule has 1 aromatic rings. The van der Waals surface area contributed by atoms with E-state index in [0.717, 1.165) is 63.4 Å². The molecule has 1 N–H and O–H groups in total. The largest absolute Gasteiger partial charge is 0.462 e. The standard InChI is InChI=1S/C42H62O8/c1-26(43)48-29-23-31-39(6)19-17-32(49-35(45)24-34(44)47-25-27-13-11-10-12-14-27)37(2,3)30(39)16-21-40(31,7)41(8)20-15-28(36(29)41)42(9)22-18-33(50-42)38(4,5)46/h10-14,28-33,36,46H,15-25H2,1-9H3/t28-,29+,30-,31+,32+,33+,36-,39-,40+,41+,42-/m0/s1. The zero-order valence-corrected chi connectivity index (χ0v) is 32.0. The Labute approximate surface area is 299 Å². The summed E-state index contributed by atoms with van der Waals surface area (Å²) in [7, 11) is 0. The molecule has 0 aromatic heterocycles. The average molecular weight is 695 g/mol. The normalized spacial score (nSPS) is 42.1. The van der Waals surface area contributed by atoms with Crippen LogP contribution >= 0.6 is 0 Å². The summed E-state index contributed by atoms with van der Waals surface area (Å²) in [5.41, 5.74) is -0.785. The summed E-state index contributed by atoms with van der Waals surface area (Å²) < 4.78 is 24.6. The Balaban J connectivity index is 1.20. The fourth-order valence-electron chi connectivity index (χ4n) is 12.7. The fraction of sp³-hybridized carbons (Fsp3) is 0.786. The van der Waals surface area contributed by atoms with E-state index in [0.29, 0.717) is 11.8 Å². The van der Waals surface area contributed by atoms with Gasteiger partial charge in [0.05, 0.1) is 17.3 Å². The van der Waals surface area contributed by atoms with Crippen LogP contribution in [0.15, 0.2) is 30.3 Å². The number of carbonyl (C=O) groups is 3. The van der Waals surface area contributed by atoms with E-state index in [1.165, 1.54) is 0 Å². The maximum Gasteiger partial charge on any atom is 0.317 e. The Morgan fingerprint density at radius 3 is 2.16 bits per heavy atom. The van der Waals surface area contributed by atoms with E-state index in [1.54, 1.807) is 6.92 Å². The molecule has 5 aliphatic rings. The van der Waals surface area contributed by atoms with Crippen molar-refractivity contribution in [3.8, 4) is 0 Å². The quantitative estimate of drug-likeness (QED) is 0.166. The Bertz CT molecular complexity index is 1450. The third-order valence-corrected chi connectivity index (χ3v) is 15.3. The summed E-state index contributed by atoms with van der Waals surface area (Å²) in [6, 6.07) is 9.44. The molecule has 0 unspecified atom stereocenters. The second kappa shape index (κ2) is 12.9. The monoisotopic (exact) mass is 694 g/mol. The van der Waals surface area contributed by atoms with Crippen LogP contribution in [-0.4, -0.2) is 52.5 Å². The molecule has 8 nitrogen and oxygen atoms in total. The molecule has 1 aliphatic heterocycles. The smallest absolute Gasteiger partial charge is 0.317 e. The number of rotatable bonds is 8. The summed E-state index contributed by atoms with van der Waals surface area (Å²) in [6.07, 6.45) is 7.23. The molecule has 4 saturated carbocycles. The Kier molecular flexibility index (Phi) is 9.62. The van der Waals surface area contributed by atoms with Crippen molar-refractivity contribution >= 4 is 17.9 Å². The molecule has 0 radical (unpaired) electrons. The van der Waals surface area contributed by atoms with Crippen molar-refractivity contribution in [3.05, 3.63) is 35.9 Å². The van der Waals surface area contributed by atoms with Gasteiger partial charge in [-0.15, -0.1) is 0 Å². The number of aliphatic hydroxyl groups is 1. The molecule has 4 aliphatic carbocycles. The minimum absolute atomic E-state index is 0.0288. The van der Waals surface area contributed by atoms with E-state index < -0.39 is 24.0 Å². The molecule has 1 saturated heterocycles. The first-order valence-corrected chi connectivity index (χ1v) is 19.2. The summed E-state index contributed by atoms with van der Waals surface area (Å²) in [5, 5.41) is 10.8. The molecule has 0 spiro atoms. The molecule has 278 valence electrons. The van der Waals surface area contributed by atoms with Gasteiger partial charge in [-0.2, -0.15) is 0 Å². The first-order chi connectivity index (χ1) is 23.2. The van der Waals surface area contributed by atoms with Crippen LogP contribution in [-0.2, 0) is 39.9 Å². The maximum atomic E-state index is 13.1.